The normalized spacial score (nSPS) is 14.2. The second-order valence-electron chi connectivity index (χ2n) is 9.24. The van der Waals surface area contributed by atoms with E-state index in [1.807, 2.05) is 42.7 Å². The third-order valence-corrected chi connectivity index (χ3v) is 7.98. The molecule has 2 aromatic carbocycles. The molecular weight excluding hydrogens is 498 g/mol. The molecule has 194 valence electrons. The van der Waals surface area contributed by atoms with Crippen molar-refractivity contribution < 1.29 is 14.3 Å². The van der Waals surface area contributed by atoms with E-state index in [0.717, 1.165) is 50.0 Å². The van der Waals surface area contributed by atoms with Crippen molar-refractivity contribution in [3.05, 3.63) is 81.7 Å². The molecule has 1 amide bonds. The predicted octanol–water partition coefficient (Wildman–Crippen LogP) is 5.72. The molecule has 0 aliphatic carbocycles. The molecular formula is C29H29N5O3S. The van der Waals surface area contributed by atoms with E-state index in [1.165, 1.54) is 12.0 Å². The first-order chi connectivity index (χ1) is 18.3. The Morgan fingerprint density at radius 3 is 2.47 bits per heavy atom. The molecule has 1 aliphatic heterocycles. The van der Waals surface area contributed by atoms with Crippen molar-refractivity contribution in [3.8, 4) is 16.1 Å². The summed E-state index contributed by atoms with van der Waals surface area (Å²) in [5.41, 5.74) is 6.72. The van der Waals surface area contributed by atoms with Crippen molar-refractivity contribution in [2.75, 3.05) is 12.4 Å². The summed E-state index contributed by atoms with van der Waals surface area (Å²) in [6.45, 7) is 7.95. The fourth-order valence-electron chi connectivity index (χ4n) is 4.61. The SMILES string of the molecule is CCC(=O)Nc1cccc(-c2ccc(C3=N[C@@H](CC(=O)OC)c4nnc(C)n4-c4sc(C)c(C)c43)cc2)c1. The van der Waals surface area contributed by atoms with Gasteiger partial charge in [-0.3, -0.25) is 19.1 Å². The number of anilines is 1. The number of esters is 1. The molecule has 1 N–H and O–H groups in total. The van der Waals surface area contributed by atoms with Gasteiger partial charge in [0.25, 0.3) is 0 Å². The number of amides is 1. The van der Waals surface area contributed by atoms with Crippen molar-refractivity contribution in [3.63, 3.8) is 0 Å². The van der Waals surface area contributed by atoms with E-state index in [1.54, 1.807) is 11.3 Å². The number of methoxy groups -OCH3 is 1. The summed E-state index contributed by atoms with van der Waals surface area (Å²) >= 11 is 1.68. The minimum absolute atomic E-state index is 0.0204. The van der Waals surface area contributed by atoms with Crippen LogP contribution in [-0.4, -0.2) is 39.5 Å². The molecule has 0 fully saturated rings. The number of hydrogen-bond acceptors (Lipinski definition) is 7. The lowest BCUT2D eigenvalue weighted by Gasteiger charge is -2.12. The summed E-state index contributed by atoms with van der Waals surface area (Å²) in [7, 11) is 1.38. The van der Waals surface area contributed by atoms with Gasteiger partial charge >= 0.3 is 5.97 Å². The van der Waals surface area contributed by atoms with E-state index < -0.39 is 6.04 Å². The van der Waals surface area contributed by atoms with Gasteiger partial charge in [0.05, 0.1) is 19.2 Å². The molecule has 8 nitrogen and oxygen atoms in total. The van der Waals surface area contributed by atoms with Gasteiger partial charge in [0.15, 0.2) is 5.82 Å². The van der Waals surface area contributed by atoms with Crippen LogP contribution in [0.2, 0.25) is 0 Å². The molecule has 4 aromatic rings. The van der Waals surface area contributed by atoms with Crippen molar-refractivity contribution in [2.45, 2.75) is 46.6 Å². The maximum atomic E-state index is 12.3. The molecule has 9 heteroatoms. The summed E-state index contributed by atoms with van der Waals surface area (Å²) in [5.74, 6) is 1.01. The minimum atomic E-state index is -0.531. The summed E-state index contributed by atoms with van der Waals surface area (Å²) in [6.07, 6.45) is 0.496. The van der Waals surface area contributed by atoms with E-state index in [0.29, 0.717) is 12.2 Å². The second-order valence-corrected chi connectivity index (χ2v) is 10.4. The molecule has 1 atom stereocenters. The first-order valence-corrected chi connectivity index (χ1v) is 13.3. The maximum Gasteiger partial charge on any atom is 0.308 e. The molecule has 0 saturated heterocycles. The number of hydrogen-bond donors (Lipinski definition) is 1. The smallest absolute Gasteiger partial charge is 0.308 e. The van der Waals surface area contributed by atoms with Crippen molar-refractivity contribution in [2.24, 2.45) is 4.99 Å². The van der Waals surface area contributed by atoms with Gasteiger partial charge in [-0.2, -0.15) is 0 Å². The number of aryl methyl sites for hydroxylation is 2. The van der Waals surface area contributed by atoms with E-state index in [4.69, 9.17) is 9.73 Å². The van der Waals surface area contributed by atoms with Crippen LogP contribution in [0, 0.1) is 20.8 Å². The van der Waals surface area contributed by atoms with Gasteiger partial charge in [-0.25, -0.2) is 0 Å². The van der Waals surface area contributed by atoms with Crippen LogP contribution >= 0.6 is 11.3 Å². The van der Waals surface area contributed by atoms with Gasteiger partial charge in [0.1, 0.15) is 16.9 Å². The average molecular weight is 528 g/mol. The number of benzene rings is 2. The van der Waals surface area contributed by atoms with Crippen LogP contribution in [-0.2, 0) is 14.3 Å². The predicted molar refractivity (Wildman–Crippen MR) is 149 cm³/mol. The second kappa shape index (κ2) is 10.3. The molecule has 0 saturated carbocycles. The Morgan fingerprint density at radius 2 is 1.76 bits per heavy atom. The number of aromatic nitrogens is 3. The summed E-state index contributed by atoms with van der Waals surface area (Å²) < 4.78 is 7.00. The number of nitrogens with one attached hydrogen (secondary N) is 1. The van der Waals surface area contributed by atoms with Crippen LogP contribution in [0.1, 0.15) is 59.0 Å². The van der Waals surface area contributed by atoms with Crippen LogP contribution in [0.4, 0.5) is 5.69 Å². The molecule has 0 unspecified atom stereocenters. The zero-order chi connectivity index (χ0) is 27.0. The van der Waals surface area contributed by atoms with Crippen LogP contribution < -0.4 is 5.32 Å². The van der Waals surface area contributed by atoms with Gasteiger partial charge in [0, 0.05) is 28.1 Å². The summed E-state index contributed by atoms with van der Waals surface area (Å²) in [6, 6.07) is 15.5. The number of carbonyl (C=O) groups excluding carboxylic acids is 2. The van der Waals surface area contributed by atoms with Crippen LogP contribution in [0.15, 0.2) is 53.5 Å². The van der Waals surface area contributed by atoms with Gasteiger partial charge < -0.3 is 10.1 Å². The summed E-state index contributed by atoms with van der Waals surface area (Å²) in [4.78, 5) is 30.5. The monoisotopic (exact) mass is 527 g/mol. The number of ether oxygens (including phenoxy) is 1. The number of rotatable bonds is 6. The largest absolute Gasteiger partial charge is 0.469 e. The highest BCUT2D eigenvalue weighted by Gasteiger charge is 2.32. The molecule has 3 heterocycles. The Labute approximate surface area is 225 Å². The highest BCUT2D eigenvalue weighted by Crippen LogP contribution is 2.39. The fraction of sp³-hybridized carbons (Fsp3) is 0.276. The topological polar surface area (TPSA) is 98.5 Å². The third-order valence-electron chi connectivity index (χ3n) is 6.79. The quantitative estimate of drug-likeness (QED) is 0.323. The highest BCUT2D eigenvalue weighted by molar-refractivity contribution is 7.15. The first kappa shape index (κ1) is 25.5. The van der Waals surface area contributed by atoms with Crippen molar-refractivity contribution in [1.82, 2.24) is 14.8 Å². The number of thiophene rings is 1. The maximum absolute atomic E-state index is 12.3. The highest BCUT2D eigenvalue weighted by atomic mass is 32.1. The standard InChI is InChI=1S/C29H29N5O3S/c1-6-24(35)30-22-9-7-8-21(14-22)19-10-12-20(13-11-19)27-26-16(2)17(3)38-29(26)34-18(4)32-33-28(34)23(31-27)15-25(36)37-5/h7-14,23H,6,15H2,1-5H3,(H,30,35)/t23-/m0/s1. The number of carbonyl (C=O) groups is 2. The van der Waals surface area contributed by atoms with Gasteiger partial charge in [-0.15, -0.1) is 21.5 Å². The van der Waals surface area contributed by atoms with Crippen LogP contribution in [0.3, 0.4) is 0 Å². The van der Waals surface area contributed by atoms with Gasteiger partial charge in [0.2, 0.25) is 5.91 Å². The zero-order valence-electron chi connectivity index (χ0n) is 22.0. The average Bonchev–Trinajstić information content (AvgIpc) is 3.40. The lowest BCUT2D eigenvalue weighted by Crippen LogP contribution is -2.12. The fourth-order valence-corrected chi connectivity index (χ4v) is 5.83. The Kier molecular flexibility index (Phi) is 6.94. The number of fused-ring (bicyclic) bond motifs is 3. The Bertz CT molecular complexity index is 1570. The van der Waals surface area contributed by atoms with Crippen LogP contribution in [0.25, 0.3) is 16.1 Å². The Morgan fingerprint density at radius 1 is 1.03 bits per heavy atom. The summed E-state index contributed by atoms with van der Waals surface area (Å²) in [5, 5.41) is 12.6. The van der Waals surface area contributed by atoms with Gasteiger partial charge in [-0.05, 0) is 49.6 Å². The molecule has 2 aromatic heterocycles. The minimum Gasteiger partial charge on any atom is -0.469 e. The van der Waals surface area contributed by atoms with Gasteiger partial charge in [-0.1, -0.05) is 43.3 Å². The third kappa shape index (κ3) is 4.65. The lowest BCUT2D eigenvalue weighted by atomic mass is 9.97. The Hall–Kier alpha value is -4.11. The molecule has 38 heavy (non-hydrogen) atoms. The van der Waals surface area contributed by atoms with Crippen molar-refractivity contribution in [1.29, 1.82) is 0 Å². The van der Waals surface area contributed by atoms with E-state index in [2.05, 4.69) is 53.6 Å². The van der Waals surface area contributed by atoms with Crippen molar-refractivity contribution >= 4 is 34.6 Å². The Balaban J connectivity index is 1.59. The zero-order valence-corrected chi connectivity index (χ0v) is 22.8. The molecule has 5 rings (SSSR count). The molecule has 0 radical (unpaired) electrons. The van der Waals surface area contributed by atoms with E-state index in [9.17, 15) is 9.59 Å². The van der Waals surface area contributed by atoms with E-state index >= 15 is 0 Å². The molecule has 1 aliphatic rings. The molecule has 0 bridgehead atoms. The van der Waals surface area contributed by atoms with E-state index in [-0.39, 0.29) is 18.3 Å². The number of nitrogens with zero attached hydrogens (tertiary/aromatic N) is 4. The van der Waals surface area contributed by atoms with Crippen LogP contribution in [0.5, 0.6) is 0 Å². The lowest BCUT2D eigenvalue weighted by molar-refractivity contribution is -0.141. The first-order valence-electron chi connectivity index (χ1n) is 12.5. The molecule has 0 spiro atoms. The number of aliphatic imine (C=N–C) groups is 1.